The summed E-state index contributed by atoms with van der Waals surface area (Å²) in [4.78, 5) is 3.17. The van der Waals surface area contributed by atoms with Crippen molar-refractivity contribution in [2.45, 2.75) is 24.8 Å². The number of thiol groups is 1. The standard InChI is InChI=1S/C10H13F3N2O2S/c11-10(12,13)9-5(1-2-7(14)15-9)8(17)6(16)3-4-18/h1-2,6,8,16-18H,3-4H2,(H2,14,15). The quantitative estimate of drug-likeness (QED) is 0.629. The fourth-order valence-corrected chi connectivity index (χ4v) is 1.71. The SMILES string of the molecule is Nc1ccc(C(O)C(O)CCS)c(C(F)(F)F)n1. The van der Waals surface area contributed by atoms with E-state index in [-0.39, 0.29) is 18.0 Å². The van der Waals surface area contributed by atoms with Gasteiger partial charge in [-0.1, -0.05) is 6.07 Å². The number of nitrogens with zero attached hydrogens (tertiary/aromatic N) is 1. The summed E-state index contributed by atoms with van der Waals surface area (Å²) in [5, 5.41) is 19.2. The molecule has 0 radical (unpaired) electrons. The van der Waals surface area contributed by atoms with Crippen LogP contribution in [-0.4, -0.2) is 27.1 Å². The van der Waals surface area contributed by atoms with Crippen molar-refractivity contribution in [2.24, 2.45) is 0 Å². The second kappa shape index (κ2) is 5.77. The van der Waals surface area contributed by atoms with E-state index < -0.39 is 29.6 Å². The molecule has 2 unspecified atom stereocenters. The Morgan fingerprint density at radius 3 is 2.44 bits per heavy atom. The summed E-state index contributed by atoms with van der Waals surface area (Å²) >= 11 is 3.84. The lowest BCUT2D eigenvalue weighted by Crippen LogP contribution is -2.23. The second-order valence-electron chi connectivity index (χ2n) is 3.70. The van der Waals surface area contributed by atoms with Gasteiger partial charge >= 0.3 is 6.18 Å². The average molecular weight is 282 g/mol. The van der Waals surface area contributed by atoms with E-state index in [1.807, 2.05) is 0 Å². The molecule has 1 aromatic heterocycles. The zero-order valence-electron chi connectivity index (χ0n) is 9.22. The van der Waals surface area contributed by atoms with Gasteiger partial charge in [-0.15, -0.1) is 0 Å². The molecule has 102 valence electrons. The predicted octanol–water partition coefficient (Wildman–Crippen LogP) is 1.40. The van der Waals surface area contributed by atoms with Gasteiger partial charge in [0.2, 0.25) is 0 Å². The molecule has 0 aromatic carbocycles. The van der Waals surface area contributed by atoms with E-state index >= 15 is 0 Å². The molecule has 0 bridgehead atoms. The van der Waals surface area contributed by atoms with Gasteiger partial charge in [0.15, 0.2) is 5.69 Å². The zero-order valence-corrected chi connectivity index (χ0v) is 10.1. The molecule has 4 nitrogen and oxygen atoms in total. The van der Waals surface area contributed by atoms with Crippen LogP contribution < -0.4 is 5.73 Å². The van der Waals surface area contributed by atoms with Crippen LogP contribution >= 0.6 is 12.6 Å². The van der Waals surface area contributed by atoms with Crippen molar-refractivity contribution >= 4 is 18.4 Å². The number of anilines is 1. The van der Waals surface area contributed by atoms with Crippen molar-refractivity contribution in [1.82, 2.24) is 4.98 Å². The van der Waals surface area contributed by atoms with Gasteiger partial charge in [-0.2, -0.15) is 25.8 Å². The Kier molecular flexibility index (Phi) is 4.83. The number of hydrogen-bond donors (Lipinski definition) is 4. The number of aromatic nitrogens is 1. The molecule has 0 saturated heterocycles. The average Bonchev–Trinajstić information content (AvgIpc) is 2.27. The molecule has 8 heteroatoms. The van der Waals surface area contributed by atoms with Crippen LogP contribution in [0.15, 0.2) is 12.1 Å². The Hall–Kier alpha value is -0.990. The molecular weight excluding hydrogens is 269 g/mol. The fourth-order valence-electron chi connectivity index (χ4n) is 1.45. The Labute approximate surface area is 107 Å². The number of aliphatic hydroxyl groups is 2. The lowest BCUT2D eigenvalue weighted by atomic mass is 10.0. The number of aliphatic hydroxyl groups excluding tert-OH is 2. The van der Waals surface area contributed by atoms with Gasteiger partial charge in [0.1, 0.15) is 11.9 Å². The summed E-state index contributed by atoms with van der Waals surface area (Å²) in [7, 11) is 0. The summed E-state index contributed by atoms with van der Waals surface area (Å²) < 4.78 is 38.1. The van der Waals surface area contributed by atoms with Crippen LogP contribution in [0.4, 0.5) is 19.0 Å². The first-order chi connectivity index (χ1) is 8.27. The van der Waals surface area contributed by atoms with Crippen molar-refractivity contribution in [3.8, 4) is 0 Å². The normalized spacial score (nSPS) is 15.4. The van der Waals surface area contributed by atoms with Crippen LogP contribution in [0, 0.1) is 0 Å². The van der Waals surface area contributed by atoms with Crippen LogP contribution in [0.25, 0.3) is 0 Å². The minimum atomic E-state index is -4.74. The van der Waals surface area contributed by atoms with Crippen LogP contribution in [0.1, 0.15) is 23.8 Å². The topological polar surface area (TPSA) is 79.4 Å². The van der Waals surface area contributed by atoms with Gasteiger partial charge in [0.05, 0.1) is 6.10 Å². The third-order valence-corrected chi connectivity index (χ3v) is 2.58. The predicted molar refractivity (Wildman–Crippen MR) is 63.1 cm³/mol. The lowest BCUT2D eigenvalue weighted by Gasteiger charge is -2.20. The van der Waals surface area contributed by atoms with Crippen molar-refractivity contribution in [1.29, 1.82) is 0 Å². The molecule has 4 N–H and O–H groups in total. The van der Waals surface area contributed by atoms with Crippen molar-refractivity contribution in [3.63, 3.8) is 0 Å². The van der Waals surface area contributed by atoms with Gasteiger partial charge in [0.25, 0.3) is 0 Å². The third-order valence-electron chi connectivity index (χ3n) is 2.32. The Bertz CT molecular complexity index is 415. The molecule has 0 spiro atoms. The van der Waals surface area contributed by atoms with Gasteiger partial charge in [-0.3, -0.25) is 0 Å². The maximum absolute atomic E-state index is 12.7. The van der Waals surface area contributed by atoms with Crippen LogP contribution in [0.3, 0.4) is 0 Å². The summed E-state index contributed by atoms with van der Waals surface area (Å²) in [5.41, 5.74) is 3.41. The van der Waals surface area contributed by atoms with Crippen LogP contribution in [0.5, 0.6) is 0 Å². The first-order valence-corrected chi connectivity index (χ1v) is 5.71. The largest absolute Gasteiger partial charge is 0.433 e. The molecule has 0 fully saturated rings. The summed E-state index contributed by atoms with van der Waals surface area (Å²) in [5.74, 6) is -0.0657. The minimum absolute atomic E-state index is 0.0615. The molecule has 18 heavy (non-hydrogen) atoms. The first-order valence-electron chi connectivity index (χ1n) is 5.08. The van der Waals surface area contributed by atoms with Crippen molar-refractivity contribution in [2.75, 3.05) is 11.5 Å². The highest BCUT2D eigenvalue weighted by Gasteiger charge is 2.38. The zero-order chi connectivity index (χ0) is 13.9. The number of nitrogen functional groups attached to an aromatic ring is 1. The minimum Gasteiger partial charge on any atom is -0.390 e. The Morgan fingerprint density at radius 1 is 1.33 bits per heavy atom. The molecule has 0 aliphatic rings. The molecule has 1 rings (SSSR count). The first kappa shape index (κ1) is 15.1. The monoisotopic (exact) mass is 282 g/mol. The molecule has 0 saturated carbocycles. The van der Waals surface area contributed by atoms with Gasteiger partial charge < -0.3 is 15.9 Å². The Balaban J connectivity index is 3.15. The lowest BCUT2D eigenvalue weighted by molar-refractivity contribution is -0.143. The molecule has 0 aliphatic heterocycles. The van der Waals surface area contributed by atoms with Crippen molar-refractivity contribution < 1.29 is 23.4 Å². The van der Waals surface area contributed by atoms with Crippen molar-refractivity contribution in [3.05, 3.63) is 23.4 Å². The van der Waals surface area contributed by atoms with E-state index in [9.17, 15) is 23.4 Å². The highest BCUT2D eigenvalue weighted by atomic mass is 32.1. The Morgan fingerprint density at radius 2 is 1.94 bits per heavy atom. The molecular formula is C10H13F3N2O2S. The van der Waals surface area contributed by atoms with Crippen LogP contribution in [0.2, 0.25) is 0 Å². The third kappa shape index (κ3) is 3.50. The van der Waals surface area contributed by atoms with Crippen LogP contribution in [-0.2, 0) is 6.18 Å². The molecule has 1 aromatic rings. The van der Waals surface area contributed by atoms with Gasteiger partial charge in [-0.25, -0.2) is 4.98 Å². The number of hydrogen-bond acceptors (Lipinski definition) is 5. The number of pyridine rings is 1. The number of rotatable bonds is 4. The van der Waals surface area contributed by atoms with E-state index in [2.05, 4.69) is 17.6 Å². The number of nitrogens with two attached hydrogens (primary N) is 1. The summed E-state index contributed by atoms with van der Waals surface area (Å²) in [6.45, 7) is 0. The maximum atomic E-state index is 12.7. The van der Waals surface area contributed by atoms with Gasteiger partial charge in [0, 0.05) is 5.56 Å². The number of alkyl halides is 3. The van der Waals surface area contributed by atoms with E-state index in [1.54, 1.807) is 0 Å². The fraction of sp³-hybridized carbons (Fsp3) is 0.500. The molecule has 0 amide bonds. The number of halogens is 3. The van der Waals surface area contributed by atoms with E-state index in [0.717, 1.165) is 12.1 Å². The summed E-state index contributed by atoms with van der Waals surface area (Å²) in [6.07, 6.45) is -7.70. The van der Waals surface area contributed by atoms with E-state index in [4.69, 9.17) is 5.73 Å². The second-order valence-corrected chi connectivity index (χ2v) is 4.14. The molecule has 1 heterocycles. The highest BCUT2D eigenvalue weighted by Crippen LogP contribution is 2.35. The molecule has 0 aliphatic carbocycles. The van der Waals surface area contributed by atoms with Gasteiger partial charge in [-0.05, 0) is 18.2 Å². The van der Waals surface area contributed by atoms with E-state index in [0.29, 0.717) is 0 Å². The van der Waals surface area contributed by atoms with E-state index in [1.165, 1.54) is 0 Å². The molecule has 2 atom stereocenters. The highest BCUT2D eigenvalue weighted by molar-refractivity contribution is 7.80. The smallest absolute Gasteiger partial charge is 0.390 e. The summed E-state index contributed by atoms with van der Waals surface area (Å²) in [6, 6.07) is 2.15. The maximum Gasteiger partial charge on any atom is 0.433 e.